The van der Waals surface area contributed by atoms with E-state index < -0.39 is 0 Å². The summed E-state index contributed by atoms with van der Waals surface area (Å²) < 4.78 is 5.89. The van der Waals surface area contributed by atoms with Crippen LogP contribution in [0.2, 0.25) is 10.0 Å². The van der Waals surface area contributed by atoms with Crippen LogP contribution in [0, 0.1) is 0 Å². The number of morpholine rings is 1. The molecule has 26 heavy (non-hydrogen) atoms. The molecule has 1 aromatic carbocycles. The number of carbonyl (C=O) groups excluding carboxylic acids is 1. The van der Waals surface area contributed by atoms with Crippen LogP contribution in [-0.4, -0.2) is 49.1 Å². The van der Waals surface area contributed by atoms with Crippen LogP contribution in [0.15, 0.2) is 36.5 Å². The monoisotopic (exact) mass is 393 g/mol. The van der Waals surface area contributed by atoms with Crippen LogP contribution in [0.4, 0.5) is 5.82 Å². The Bertz CT molecular complexity index is 783. The molecule has 138 valence electrons. The van der Waals surface area contributed by atoms with E-state index in [-0.39, 0.29) is 12.0 Å². The van der Waals surface area contributed by atoms with Gasteiger partial charge in [-0.05, 0) is 36.8 Å². The molecule has 0 bridgehead atoms. The Morgan fingerprint density at radius 1 is 1.31 bits per heavy atom. The molecule has 0 radical (unpaired) electrons. The second-order valence-corrected chi connectivity index (χ2v) is 7.02. The van der Waals surface area contributed by atoms with Gasteiger partial charge < -0.3 is 14.5 Å². The van der Waals surface area contributed by atoms with E-state index in [1.165, 1.54) is 0 Å². The molecule has 1 saturated heterocycles. The van der Waals surface area contributed by atoms with Crippen molar-refractivity contribution in [1.29, 1.82) is 0 Å². The Morgan fingerprint density at radius 3 is 2.77 bits per heavy atom. The number of hydrogen-bond donors (Lipinski definition) is 0. The molecule has 1 aliphatic rings. The number of ether oxygens (including phenoxy) is 1. The first-order valence-electron chi connectivity index (χ1n) is 8.52. The van der Waals surface area contributed by atoms with Gasteiger partial charge in [-0.15, -0.1) is 0 Å². The SMILES string of the molecule is CCN(C)C(=O)c1ccc(N2CCOC(c3ccc(Cl)c(Cl)c3)C2)nc1. The summed E-state index contributed by atoms with van der Waals surface area (Å²) in [5.41, 5.74) is 1.58. The van der Waals surface area contributed by atoms with E-state index >= 15 is 0 Å². The third-order valence-corrected chi connectivity index (χ3v) is 5.26. The highest BCUT2D eigenvalue weighted by Gasteiger charge is 2.24. The molecule has 2 aromatic rings. The molecule has 5 nitrogen and oxygen atoms in total. The van der Waals surface area contributed by atoms with Crippen LogP contribution in [0.5, 0.6) is 0 Å². The summed E-state index contributed by atoms with van der Waals surface area (Å²) in [7, 11) is 1.78. The van der Waals surface area contributed by atoms with Gasteiger partial charge in [-0.2, -0.15) is 0 Å². The average molecular weight is 394 g/mol. The Hall–Kier alpha value is -1.82. The lowest BCUT2D eigenvalue weighted by Crippen LogP contribution is -2.38. The third kappa shape index (κ3) is 4.11. The molecule has 7 heteroatoms. The summed E-state index contributed by atoms with van der Waals surface area (Å²) >= 11 is 12.1. The predicted molar refractivity (Wildman–Crippen MR) is 104 cm³/mol. The first kappa shape index (κ1) is 19.0. The van der Waals surface area contributed by atoms with Gasteiger partial charge in [0, 0.05) is 32.9 Å². The van der Waals surface area contributed by atoms with Gasteiger partial charge >= 0.3 is 0 Å². The van der Waals surface area contributed by atoms with Crippen molar-refractivity contribution in [3.05, 3.63) is 57.7 Å². The maximum absolute atomic E-state index is 12.2. The zero-order valence-electron chi connectivity index (χ0n) is 14.8. The summed E-state index contributed by atoms with van der Waals surface area (Å²) in [5.74, 6) is 0.802. The Labute approximate surface area is 163 Å². The Kier molecular flexibility index (Phi) is 6.01. The van der Waals surface area contributed by atoms with E-state index in [1.807, 2.05) is 31.2 Å². The van der Waals surface area contributed by atoms with Crippen molar-refractivity contribution in [2.24, 2.45) is 0 Å². The van der Waals surface area contributed by atoms with E-state index in [0.717, 1.165) is 17.9 Å². The fraction of sp³-hybridized carbons (Fsp3) is 0.368. The zero-order chi connectivity index (χ0) is 18.7. The lowest BCUT2D eigenvalue weighted by molar-refractivity contribution is 0.0395. The minimum absolute atomic E-state index is 0.0257. The maximum atomic E-state index is 12.2. The summed E-state index contributed by atoms with van der Waals surface area (Å²) in [6.07, 6.45) is 1.53. The molecular weight excluding hydrogens is 373 g/mol. The molecule has 1 aromatic heterocycles. The van der Waals surface area contributed by atoms with Gasteiger partial charge in [0.2, 0.25) is 0 Å². The van der Waals surface area contributed by atoms with Crippen molar-refractivity contribution < 1.29 is 9.53 Å². The minimum Gasteiger partial charge on any atom is -0.370 e. The molecule has 1 fully saturated rings. The first-order valence-corrected chi connectivity index (χ1v) is 9.28. The average Bonchev–Trinajstić information content (AvgIpc) is 2.69. The maximum Gasteiger partial charge on any atom is 0.255 e. The fourth-order valence-corrected chi connectivity index (χ4v) is 3.14. The molecule has 0 aliphatic carbocycles. The van der Waals surface area contributed by atoms with Crippen molar-refractivity contribution in [2.45, 2.75) is 13.0 Å². The van der Waals surface area contributed by atoms with E-state index in [0.29, 0.717) is 35.3 Å². The van der Waals surface area contributed by atoms with Gasteiger partial charge in [0.25, 0.3) is 5.91 Å². The van der Waals surface area contributed by atoms with Crippen LogP contribution < -0.4 is 4.90 Å². The number of hydrogen-bond acceptors (Lipinski definition) is 4. The highest BCUT2D eigenvalue weighted by atomic mass is 35.5. The Balaban J connectivity index is 1.73. The molecule has 2 heterocycles. The van der Waals surface area contributed by atoms with Crippen LogP contribution in [0.1, 0.15) is 28.9 Å². The molecule has 0 saturated carbocycles. The van der Waals surface area contributed by atoms with Crippen LogP contribution >= 0.6 is 23.2 Å². The van der Waals surface area contributed by atoms with Crippen molar-refractivity contribution in [3.63, 3.8) is 0 Å². The minimum atomic E-state index is -0.104. The normalized spacial score (nSPS) is 17.2. The van der Waals surface area contributed by atoms with Crippen LogP contribution in [0.3, 0.4) is 0 Å². The second kappa shape index (κ2) is 8.25. The van der Waals surface area contributed by atoms with Gasteiger partial charge in [0.05, 0.1) is 22.2 Å². The third-order valence-electron chi connectivity index (χ3n) is 4.52. The number of halogens is 2. The van der Waals surface area contributed by atoms with Gasteiger partial charge in [0.1, 0.15) is 11.9 Å². The highest BCUT2D eigenvalue weighted by molar-refractivity contribution is 6.42. The number of pyridine rings is 1. The second-order valence-electron chi connectivity index (χ2n) is 6.20. The standard InChI is InChI=1S/C19H21Cl2N3O2/c1-3-23(2)19(25)14-5-7-18(22-11-14)24-8-9-26-17(12-24)13-4-6-15(20)16(21)10-13/h4-7,10-11,17H,3,8-9,12H2,1-2H3. The lowest BCUT2D eigenvalue weighted by Gasteiger charge is -2.34. The van der Waals surface area contributed by atoms with Gasteiger partial charge in [-0.3, -0.25) is 4.79 Å². The topological polar surface area (TPSA) is 45.7 Å². The van der Waals surface area contributed by atoms with Crippen molar-refractivity contribution in [3.8, 4) is 0 Å². The number of carbonyl (C=O) groups is 1. The summed E-state index contributed by atoms with van der Waals surface area (Å²) in [6, 6.07) is 9.25. The van der Waals surface area contributed by atoms with E-state index in [9.17, 15) is 4.79 Å². The zero-order valence-corrected chi connectivity index (χ0v) is 16.3. The quantitative estimate of drug-likeness (QED) is 0.785. The molecule has 0 N–H and O–H groups in total. The molecule has 3 rings (SSSR count). The van der Waals surface area contributed by atoms with Gasteiger partial charge in [-0.1, -0.05) is 29.3 Å². The van der Waals surface area contributed by atoms with Crippen LogP contribution in [0.25, 0.3) is 0 Å². The number of aromatic nitrogens is 1. The summed E-state index contributed by atoms with van der Waals surface area (Å²) in [4.78, 5) is 20.5. The van der Waals surface area contributed by atoms with Crippen molar-refractivity contribution in [2.75, 3.05) is 38.2 Å². The summed E-state index contributed by atoms with van der Waals surface area (Å²) in [6.45, 7) is 4.60. The smallest absolute Gasteiger partial charge is 0.255 e. The Morgan fingerprint density at radius 2 is 2.12 bits per heavy atom. The predicted octanol–water partition coefficient (Wildman–Crippen LogP) is 4.06. The van der Waals surface area contributed by atoms with E-state index in [4.69, 9.17) is 27.9 Å². The summed E-state index contributed by atoms with van der Waals surface area (Å²) in [5, 5.41) is 1.05. The number of rotatable bonds is 4. The fourth-order valence-electron chi connectivity index (χ4n) is 2.84. The number of nitrogens with zero attached hydrogens (tertiary/aromatic N) is 3. The number of anilines is 1. The largest absolute Gasteiger partial charge is 0.370 e. The first-order chi connectivity index (χ1) is 12.5. The molecule has 1 amide bonds. The molecule has 1 atom stereocenters. The van der Waals surface area contributed by atoms with E-state index in [2.05, 4.69) is 9.88 Å². The van der Waals surface area contributed by atoms with Crippen molar-refractivity contribution >= 4 is 34.9 Å². The number of benzene rings is 1. The van der Waals surface area contributed by atoms with Gasteiger partial charge in [-0.25, -0.2) is 4.98 Å². The molecule has 0 spiro atoms. The lowest BCUT2D eigenvalue weighted by atomic mass is 10.1. The molecule has 1 unspecified atom stereocenters. The number of amides is 1. The van der Waals surface area contributed by atoms with Gasteiger partial charge in [0.15, 0.2) is 0 Å². The van der Waals surface area contributed by atoms with E-state index in [1.54, 1.807) is 24.2 Å². The molecular formula is C19H21Cl2N3O2. The van der Waals surface area contributed by atoms with Crippen LogP contribution in [-0.2, 0) is 4.74 Å². The highest BCUT2D eigenvalue weighted by Crippen LogP contribution is 2.30. The molecule has 1 aliphatic heterocycles. The van der Waals surface area contributed by atoms with Crippen molar-refractivity contribution in [1.82, 2.24) is 9.88 Å².